The first kappa shape index (κ1) is 25.8. The Kier molecular flexibility index (Phi) is 7.73. The van der Waals surface area contributed by atoms with Crippen LogP contribution in [0.2, 0.25) is 0 Å². The number of methoxy groups -OCH3 is 2. The van der Waals surface area contributed by atoms with Crippen LogP contribution < -0.4 is 14.4 Å². The molecule has 0 aliphatic carbocycles. The molecule has 5 rings (SSSR count). The van der Waals surface area contributed by atoms with Gasteiger partial charge in [0.25, 0.3) is 5.91 Å². The smallest absolute Gasteiger partial charge is 0.331 e. The van der Waals surface area contributed by atoms with Gasteiger partial charge >= 0.3 is 5.97 Å². The first-order valence-corrected chi connectivity index (χ1v) is 12.7. The number of aryl methyl sites for hydroxylation is 1. The lowest BCUT2D eigenvalue weighted by Gasteiger charge is -2.29. The van der Waals surface area contributed by atoms with Crippen LogP contribution in [0.1, 0.15) is 17.5 Å². The molecule has 0 saturated heterocycles. The molecule has 8 heteroatoms. The highest BCUT2D eigenvalue weighted by Gasteiger charge is 2.23. The van der Waals surface area contributed by atoms with Crippen molar-refractivity contribution in [1.82, 2.24) is 9.78 Å². The van der Waals surface area contributed by atoms with Crippen molar-refractivity contribution in [2.24, 2.45) is 0 Å². The number of hydrogen-bond acceptors (Lipinski definition) is 6. The monoisotopic (exact) mass is 523 g/mol. The summed E-state index contributed by atoms with van der Waals surface area (Å²) in [6, 6.07) is 23.0. The van der Waals surface area contributed by atoms with Crippen LogP contribution in [0.25, 0.3) is 23.0 Å². The molecule has 0 fully saturated rings. The normalized spacial score (nSPS) is 12.7. The zero-order chi connectivity index (χ0) is 27.2. The van der Waals surface area contributed by atoms with Gasteiger partial charge in [-0.2, -0.15) is 5.10 Å². The topological polar surface area (TPSA) is 82.9 Å². The van der Waals surface area contributed by atoms with Crippen LogP contribution >= 0.6 is 0 Å². The number of carbonyl (C=O) groups excluding carboxylic acids is 2. The van der Waals surface area contributed by atoms with E-state index in [2.05, 4.69) is 0 Å². The van der Waals surface area contributed by atoms with Crippen LogP contribution in [-0.4, -0.2) is 49.0 Å². The molecule has 0 atom stereocenters. The second kappa shape index (κ2) is 11.7. The van der Waals surface area contributed by atoms with Crippen molar-refractivity contribution in [3.63, 3.8) is 0 Å². The van der Waals surface area contributed by atoms with E-state index < -0.39 is 5.97 Å². The second-order valence-electron chi connectivity index (χ2n) is 9.00. The maximum atomic E-state index is 12.8. The molecule has 1 aromatic heterocycles. The fourth-order valence-electron chi connectivity index (χ4n) is 4.64. The molecule has 0 unspecified atom stereocenters. The van der Waals surface area contributed by atoms with Crippen LogP contribution in [0.15, 0.2) is 85.1 Å². The molecule has 0 N–H and O–H groups in total. The SMILES string of the molecule is COc1ccc(-c2nn(-c3ccccc3)cc2/C=C/C(=O)OCC(=O)N2CCCc3ccccc32)cc1OC. The van der Waals surface area contributed by atoms with Crippen LogP contribution in [0.3, 0.4) is 0 Å². The van der Waals surface area contributed by atoms with Crippen molar-refractivity contribution in [1.29, 1.82) is 0 Å². The Morgan fingerprint density at radius 1 is 0.949 bits per heavy atom. The molecule has 4 aromatic rings. The van der Waals surface area contributed by atoms with E-state index in [1.807, 2.05) is 79.0 Å². The number of benzene rings is 3. The summed E-state index contributed by atoms with van der Waals surface area (Å²) in [6.45, 7) is 0.278. The molecule has 0 saturated carbocycles. The van der Waals surface area contributed by atoms with Gasteiger partial charge in [-0.05, 0) is 60.9 Å². The van der Waals surface area contributed by atoms with E-state index in [4.69, 9.17) is 19.3 Å². The number of carbonyl (C=O) groups is 2. The van der Waals surface area contributed by atoms with Crippen molar-refractivity contribution in [2.75, 3.05) is 32.3 Å². The molecule has 2 heterocycles. The third kappa shape index (κ3) is 5.70. The maximum absolute atomic E-state index is 12.8. The van der Waals surface area contributed by atoms with E-state index in [1.54, 1.807) is 29.9 Å². The Labute approximate surface area is 227 Å². The minimum atomic E-state index is -0.612. The van der Waals surface area contributed by atoms with Crippen molar-refractivity contribution in [3.8, 4) is 28.4 Å². The highest BCUT2D eigenvalue weighted by atomic mass is 16.5. The molecule has 198 valence electrons. The highest BCUT2D eigenvalue weighted by molar-refractivity contribution is 5.97. The molecule has 8 nitrogen and oxygen atoms in total. The third-order valence-corrected chi connectivity index (χ3v) is 6.57. The lowest BCUT2D eigenvalue weighted by molar-refractivity contribution is -0.142. The van der Waals surface area contributed by atoms with E-state index in [0.717, 1.165) is 35.3 Å². The molecular weight excluding hydrogens is 494 g/mol. The Morgan fingerprint density at radius 3 is 2.51 bits per heavy atom. The summed E-state index contributed by atoms with van der Waals surface area (Å²) in [4.78, 5) is 27.1. The summed E-state index contributed by atoms with van der Waals surface area (Å²) < 4.78 is 17.9. The van der Waals surface area contributed by atoms with Gasteiger partial charge in [-0.1, -0.05) is 36.4 Å². The predicted octanol–water partition coefficient (Wildman–Crippen LogP) is 5.09. The average molecular weight is 524 g/mol. The summed E-state index contributed by atoms with van der Waals surface area (Å²) in [6.07, 6.45) is 6.60. The summed E-state index contributed by atoms with van der Waals surface area (Å²) in [5, 5.41) is 4.77. The number of amides is 1. The highest BCUT2D eigenvalue weighted by Crippen LogP contribution is 2.34. The number of fused-ring (bicyclic) bond motifs is 1. The van der Waals surface area contributed by atoms with E-state index in [0.29, 0.717) is 29.3 Å². The zero-order valence-corrected chi connectivity index (χ0v) is 21.9. The van der Waals surface area contributed by atoms with Gasteiger partial charge in [0.15, 0.2) is 18.1 Å². The van der Waals surface area contributed by atoms with Gasteiger partial charge in [-0.3, -0.25) is 4.79 Å². The van der Waals surface area contributed by atoms with Crippen LogP contribution in [0, 0.1) is 0 Å². The first-order valence-electron chi connectivity index (χ1n) is 12.7. The maximum Gasteiger partial charge on any atom is 0.331 e. The van der Waals surface area contributed by atoms with E-state index in [-0.39, 0.29) is 12.5 Å². The number of rotatable bonds is 8. The third-order valence-electron chi connectivity index (χ3n) is 6.57. The van der Waals surface area contributed by atoms with Gasteiger partial charge in [0.2, 0.25) is 0 Å². The largest absolute Gasteiger partial charge is 0.493 e. The van der Waals surface area contributed by atoms with Crippen molar-refractivity contribution < 1.29 is 23.8 Å². The van der Waals surface area contributed by atoms with Crippen molar-refractivity contribution in [2.45, 2.75) is 12.8 Å². The molecule has 0 radical (unpaired) electrons. The van der Waals surface area contributed by atoms with Gasteiger partial charge in [-0.15, -0.1) is 0 Å². The molecule has 0 bridgehead atoms. The Bertz CT molecular complexity index is 1510. The lowest BCUT2D eigenvalue weighted by atomic mass is 10.0. The number of para-hydroxylation sites is 2. The minimum absolute atomic E-state index is 0.244. The van der Waals surface area contributed by atoms with Gasteiger partial charge in [0.1, 0.15) is 5.69 Å². The summed E-state index contributed by atoms with van der Waals surface area (Å²) in [5.41, 5.74) is 5.00. The predicted molar refractivity (Wildman–Crippen MR) is 149 cm³/mol. The van der Waals surface area contributed by atoms with Crippen molar-refractivity contribution >= 4 is 23.6 Å². The van der Waals surface area contributed by atoms with Crippen LogP contribution in [0.5, 0.6) is 11.5 Å². The quantitative estimate of drug-likeness (QED) is 0.236. The number of esters is 1. The minimum Gasteiger partial charge on any atom is -0.493 e. The summed E-state index contributed by atoms with van der Waals surface area (Å²) in [7, 11) is 3.15. The Morgan fingerprint density at radius 2 is 1.72 bits per heavy atom. The van der Waals surface area contributed by atoms with E-state index in [9.17, 15) is 9.59 Å². The fraction of sp³-hybridized carbons (Fsp3) is 0.194. The Hall–Kier alpha value is -4.85. The zero-order valence-electron chi connectivity index (χ0n) is 21.9. The molecular formula is C31H29N3O5. The van der Waals surface area contributed by atoms with Gasteiger partial charge < -0.3 is 19.1 Å². The lowest BCUT2D eigenvalue weighted by Crippen LogP contribution is -2.38. The second-order valence-corrected chi connectivity index (χ2v) is 9.00. The Balaban J connectivity index is 1.35. The summed E-state index contributed by atoms with van der Waals surface area (Å²) in [5.74, 6) is 0.313. The number of ether oxygens (including phenoxy) is 3. The van der Waals surface area contributed by atoms with Gasteiger partial charge in [0, 0.05) is 35.6 Å². The van der Waals surface area contributed by atoms with Crippen molar-refractivity contribution in [3.05, 3.63) is 96.2 Å². The standard InChI is InChI=1S/C31H29N3O5/c1-37-27-16-14-23(19-28(27)38-2)31-24(20-34(32-31)25-11-4-3-5-12-25)15-17-30(36)39-21-29(35)33-18-8-10-22-9-6-7-13-26(22)33/h3-7,9,11-17,19-20H,8,10,18,21H2,1-2H3/b17-15+. The van der Waals surface area contributed by atoms with E-state index >= 15 is 0 Å². The molecule has 0 spiro atoms. The molecule has 1 aliphatic heterocycles. The average Bonchev–Trinajstić information content (AvgIpc) is 3.43. The fourth-order valence-corrected chi connectivity index (χ4v) is 4.64. The first-order chi connectivity index (χ1) is 19.1. The number of nitrogens with zero attached hydrogens (tertiary/aromatic N) is 3. The van der Waals surface area contributed by atoms with Gasteiger partial charge in [0.05, 0.1) is 19.9 Å². The molecule has 3 aromatic carbocycles. The van der Waals surface area contributed by atoms with Gasteiger partial charge in [-0.25, -0.2) is 9.48 Å². The number of anilines is 1. The molecule has 1 amide bonds. The molecule has 39 heavy (non-hydrogen) atoms. The number of aromatic nitrogens is 2. The summed E-state index contributed by atoms with van der Waals surface area (Å²) >= 11 is 0. The van der Waals surface area contributed by atoms with Crippen LogP contribution in [-0.2, 0) is 20.7 Å². The van der Waals surface area contributed by atoms with Crippen LogP contribution in [0.4, 0.5) is 5.69 Å². The number of hydrogen-bond donors (Lipinski definition) is 0. The molecule has 1 aliphatic rings. The van der Waals surface area contributed by atoms with E-state index in [1.165, 1.54) is 6.08 Å².